The standard InChI is InChI=1S/C30H27FN2O5S/c1-3-4-5-16-38-22-13-6-18(7-14-22)26-25(27(34)19-8-11-21(37-2)12-9-19)28(35)29(36)33(26)30-32-23-15-10-20(31)17-24(23)39-30/h6-15,17,26,34H,3-5,16H2,1-2H3/b27-25+. The van der Waals surface area contributed by atoms with Crippen LogP contribution in [0, 0.1) is 5.82 Å². The molecule has 1 saturated heterocycles. The molecule has 1 amide bonds. The van der Waals surface area contributed by atoms with E-state index in [2.05, 4.69) is 11.9 Å². The van der Waals surface area contributed by atoms with Crippen molar-refractivity contribution in [2.24, 2.45) is 0 Å². The van der Waals surface area contributed by atoms with E-state index in [4.69, 9.17) is 9.47 Å². The van der Waals surface area contributed by atoms with E-state index in [0.29, 0.717) is 39.4 Å². The average molecular weight is 547 g/mol. The second-order valence-corrected chi connectivity index (χ2v) is 10.1. The molecule has 0 saturated carbocycles. The number of hydrogen-bond acceptors (Lipinski definition) is 7. The third kappa shape index (κ3) is 5.22. The van der Waals surface area contributed by atoms with Gasteiger partial charge in [-0.2, -0.15) is 0 Å². The number of halogens is 1. The van der Waals surface area contributed by atoms with E-state index >= 15 is 0 Å². The molecule has 1 unspecified atom stereocenters. The Kier molecular flexibility index (Phi) is 7.60. The van der Waals surface area contributed by atoms with E-state index in [0.717, 1.165) is 30.6 Å². The summed E-state index contributed by atoms with van der Waals surface area (Å²) < 4.78 is 25.4. The number of nitrogens with zero attached hydrogens (tertiary/aromatic N) is 2. The first kappa shape index (κ1) is 26.4. The van der Waals surface area contributed by atoms with Crippen molar-refractivity contribution >= 4 is 44.1 Å². The van der Waals surface area contributed by atoms with Crippen molar-refractivity contribution < 1.29 is 28.6 Å². The zero-order valence-electron chi connectivity index (χ0n) is 21.5. The highest BCUT2D eigenvalue weighted by molar-refractivity contribution is 7.22. The van der Waals surface area contributed by atoms with Gasteiger partial charge in [0.15, 0.2) is 5.13 Å². The molecule has 1 atom stereocenters. The van der Waals surface area contributed by atoms with Crippen molar-refractivity contribution in [1.29, 1.82) is 0 Å². The van der Waals surface area contributed by atoms with Crippen molar-refractivity contribution in [2.45, 2.75) is 32.2 Å². The molecule has 0 radical (unpaired) electrons. The summed E-state index contributed by atoms with van der Waals surface area (Å²) in [4.78, 5) is 32.6. The van der Waals surface area contributed by atoms with Crippen LogP contribution in [0.2, 0.25) is 0 Å². The third-order valence-corrected chi connectivity index (χ3v) is 7.58. The minimum atomic E-state index is -0.952. The molecule has 1 aromatic heterocycles. The predicted octanol–water partition coefficient (Wildman–Crippen LogP) is 6.64. The van der Waals surface area contributed by atoms with E-state index in [1.807, 2.05) is 0 Å². The summed E-state index contributed by atoms with van der Waals surface area (Å²) in [5.74, 6) is -1.15. The summed E-state index contributed by atoms with van der Waals surface area (Å²) in [6, 6.07) is 16.9. The first-order valence-corrected chi connectivity index (χ1v) is 13.5. The maximum Gasteiger partial charge on any atom is 0.301 e. The van der Waals surface area contributed by atoms with Gasteiger partial charge in [-0.05, 0) is 66.6 Å². The van der Waals surface area contributed by atoms with Gasteiger partial charge in [-0.15, -0.1) is 0 Å². The van der Waals surface area contributed by atoms with Crippen molar-refractivity contribution in [1.82, 2.24) is 4.98 Å². The molecule has 0 aliphatic carbocycles. The number of thiazole rings is 1. The zero-order chi connectivity index (χ0) is 27.5. The van der Waals surface area contributed by atoms with Crippen LogP contribution in [-0.4, -0.2) is 35.5 Å². The number of fused-ring (bicyclic) bond motifs is 1. The number of aliphatic hydroxyl groups excluding tert-OH is 1. The topological polar surface area (TPSA) is 89.0 Å². The number of carbonyl (C=O) groups excluding carboxylic acids is 2. The van der Waals surface area contributed by atoms with Crippen LogP contribution in [-0.2, 0) is 9.59 Å². The predicted molar refractivity (Wildman–Crippen MR) is 149 cm³/mol. The Morgan fingerprint density at radius 1 is 1.03 bits per heavy atom. The van der Waals surface area contributed by atoms with Crippen LogP contribution in [0.15, 0.2) is 72.3 Å². The van der Waals surface area contributed by atoms with Crippen LogP contribution in [0.3, 0.4) is 0 Å². The molecule has 5 rings (SSSR count). The maximum atomic E-state index is 13.9. The number of hydrogen-bond donors (Lipinski definition) is 1. The molecule has 1 fully saturated rings. The highest BCUT2D eigenvalue weighted by Gasteiger charge is 2.48. The third-order valence-electron chi connectivity index (χ3n) is 6.57. The van der Waals surface area contributed by atoms with Gasteiger partial charge in [0.1, 0.15) is 23.1 Å². The number of rotatable bonds is 9. The van der Waals surface area contributed by atoms with Gasteiger partial charge in [0.25, 0.3) is 5.78 Å². The lowest BCUT2D eigenvalue weighted by Crippen LogP contribution is -2.29. The Labute approximate surface area is 229 Å². The molecular formula is C30H27FN2O5S. The first-order chi connectivity index (χ1) is 18.9. The van der Waals surface area contributed by atoms with Gasteiger partial charge in [0, 0.05) is 5.56 Å². The lowest BCUT2D eigenvalue weighted by Gasteiger charge is -2.23. The molecule has 2 heterocycles. The van der Waals surface area contributed by atoms with E-state index in [-0.39, 0.29) is 16.5 Å². The summed E-state index contributed by atoms with van der Waals surface area (Å²) >= 11 is 1.10. The van der Waals surface area contributed by atoms with Gasteiger partial charge < -0.3 is 14.6 Å². The van der Waals surface area contributed by atoms with Crippen LogP contribution < -0.4 is 14.4 Å². The van der Waals surface area contributed by atoms with Gasteiger partial charge in [0.2, 0.25) is 0 Å². The number of benzene rings is 3. The lowest BCUT2D eigenvalue weighted by atomic mass is 9.95. The van der Waals surface area contributed by atoms with E-state index < -0.39 is 23.5 Å². The van der Waals surface area contributed by atoms with Crippen LogP contribution in [0.25, 0.3) is 16.0 Å². The Bertz CT molecular complexity index is 1550. The number of ether oxygens (including phenoxy) is 2. The average Bonchev–Trinajstić information content (AvgIpc) is 3.48. The second-order valence-electron chi connectivity index (χ2n) is 9.13. The Hall–Kier alpha value is -4.24. The molecule has 0 bridgehead atoms. The molecule has 1 aliphatic rings. The van der Waals surface area contributed by atoms with Crippen LogP contribution in [0.5, 0.6) is 11.5 Å². The second kappa shape index (κ2) is 11.2. The van der Waals surface area contributed by atoms with Crippen LogP contribution in [0.1, 0.15) is 43.4 Å². The molecule has 7 nitrogen and oxygen atoms in total. The summed E-state index contributed by atoms with van der Waals surface area (Å²) in [6.07, 6.45) is 3.11. The van der Waals surface area contributed by atoms with E-state index in [1.54, 1.807) is 48.5 Å². The molecular weight excluding hydrogens is 519 g/mol. The molecule has 200 valence electrons. The summed E-state index contributed by atoms with van der Waals surface area (Å²) in [7, 11) is 1.53. The van der Waals surface area contributed by atoms with Gasteiger partial charge >= 0.3 is 5.91 Å². The number of unbranched alkanes of at least 4 members (excludes halogenated alkanes) is 2. The summed E-state index contributed by atoms with van der Waals surface area (Å²) in [5.41, 5.74) is 1.40. The Balaban J connectivity index is 1.59. The molecule has 39 heavy (non-hydrogen) atoms. The fourth-order valence-corrected chi connectivity index (χ4v) is 5.54. The number of aliphatic hydroxyl groups is 1. The van der Waals surface area contributed by atoms with E-state index in [1.165, 1.54) is 30.2 Å². The highest BCUT2D eigenvalue weighted by Crippen LogP contribution is 2.44. The zero-order valence-corrected chi connectivity index (χ0v) is 22.3. The molecule has 4 aromatic rings. The van der Waals surface area contributed by atoms with Crippen molar-refractivity contribution in [3.63, 3.8) is 0 Å². The molecule has 1 aliphatic heterocycles. The SMILES string of the molecule is CCCCCOc1ccc(C2/C(=C(\O)c3ccc(OC)cc3)C(=O)C(=O)N2c2nc3ccc(F)cc3s2)cc1. The number of ketones is 1. The van der Waals surface area contributed by atoms with Gasteiger partial charge in [-0.25, -0.2) is 9.37 Å². The smallest absolute Gasteiger partial charge is 0.301 e. The Morgan fingerprint density at radius 3 is 2.44 bits per heavy atom. The van der Waals surface area contributed by atoms with Crippen LogP contribution >= 0.6 is 11.3 Å². The van der Waals surface area contributed by atoms with Crippen molar-refractivity contribution in [3.05, 3.63) is 89.2 Å². The number of amides is 1. The highest BCUT2D eigenvalue weighted by atomic mass is 32.1. The first-order valence-electron chi connectivity index (χ1n) is 12.7. The number of methoxy groups -OCH3 is 1. The molecule has 9 heteroatoms. The molecule has 3 aromatic carbocycles. The van der Waals surface area contributed by atoms with E-state index in [9.17, 15) is 19.1 Å². The molecule has 1 N–H and O–H groups in total. The molecule has 0 spiro atoms. The number of aromatic nitrogens is 1. The number of Topliss-reactive ketones (excluding diaryl/α,β-unsaturated/α-hetero) is 1. The minimum Gasteiger partial charge on any atom is -0.507 e. The fourth-order valence-electron chi connectivity index (χ4n) is 4.53. The van der Waals surface area contributed by atoms with Gasteiger partial charge in [-0.3, -0.25) is 14.5 Å². The van der Waals surface area contributed by atoms with Crippen molar-refractivity contribution in [2.75, 3.05) is 18.6 Å². The monoisotopic (exact) mass is 546 g/mol. The largest absolute Gasteiger partial charge is 0.507 e. The van der Waals surface area contributed by atoms with Gasteiger partial charge in [-0.1, -0.05) is 43.2 Å². The fraction of sp³-hybridized carbons (Fsp3) is 0.233. The summed E-state index contributed by atoms with van der Waals surface area (Å²) in [6.45, 7) is 2.71. The van der Waals surface area contributed by atoms with Gasteiger partial charge in [0.05, 0.1) is 35.5 Å². The Morgan fingerprint density at radius 2 is 1.74 bits per heavy atom. The minimum absolute atomic E-state index is 0.0628. The number of carbonyl (C=O) groups is 2. The number of anilines is 1. The van der Waals surface area contributed by atoms with Crippen molar-refractivity contribution in [3.8, 4) is 11.5 Å². The van der Waals surface area contributed by atoms with Crippen LogP contribution in [0.4, 0.5) is 9.52 Å². The lowest BCUT2D eigenvalue weighted by molar-refractivity contribution is -0.132. The normalized spacial score (nSPS) is 16.7. The quantitative estimate of drug-likeness (QED) is 0.110. The maximum absolute atomic E-state index is 13.9. The summed E-state index contributed by atoms with van der Waals surface area (Å²) in [5, 5.41) is 11.5.